The number of rotatable bonds is 7. The number of nitrogens with one attached hydrogen (secondary N) is 1. The summed E-state index contributed by atoms with van der Waals surface area (Å²) in [5.41, 5.74) is 0. The minimum absolute atomic E-state index is 0.146. The predicted molar refractivity (Wildman–Crippen MR) is 52.5 cm³/mol. The average Bonchev–Trinajstić information content (AvgIpc) is 2.03. The number of nitrogens with zero attached hydrogens (tertiary/aromatic N) is 2. The second-order valence-electron chi connectivity index (χ2n) is 2.74. The topological polar surface area (TPSA) is 110 Å². The summed E-state index contributed by atoms with van der Waals surface area (Å²) in [6.45, 7) is 1.91. The van der Waals surface area contributed by atoms with Crippen LogP contribution in [-0.4, -0.2) is 27.5 Å². The van der Waals surface area contributed by atoms with Gasteiger partial charge in [0.15, 0.2) is 0 Å². The summed E-state index contributed by atoms with van der Waals surface area (Å²) in [5, 5.41) is 20.4. The van der Waals surface area contributed by atoms with Crippen molar-refractivity contribution >= 4 is 10.7 Å². The van der Waals surface area contributed by atoms with Crippen LogP contribution >= 0.6 is 0 Å². The first kappa shape index (κ1) is 12.9. The second kappa shape index (κ2) is 6.41. The SMILES string of the molecule is CCCS(=N)CCC([N+](=O)[O-])[N+](=O)[O-]. The van der Waals surface area contributed by atoms with E-state index >= 15 is 0 Å². The zero-order chi connectivity index (χ0) is 11.1. The van der Waals surface area contributed by atoms with Crippen LogP contribution in [0.2, 0.25) is 0 Å². The smallest absolute Gasteiger partial charge is 0.280 e. The lowest BCUT2D eigenvalue weighted by Crippen LogP contribution is -2.30. The largest absolute Gasteiger partial charge is 0.451 e. The van der Waals surface area contributed by atoms with Crippen LogP contribution in [0.15, 0.2) is 0 Å². The monoisotopic (exact) mass is 223 g/mol. The van der Waals surface area contributed by atoms with Gasteiger partial charge in [0.1, 0.15) is 0 Å². The third kappa shape index (κ3) is 4.85. The lowest BCUT2D eigenvalue weighted by atomic mass is 10.4. The van der Waals surface area contributed by atoms with E-state index in [9.17, 15) is 20.2 Å². The van der Waals surface area contributed by atoms with Gasteiger partial charge in [-0.05, 0) is 6.42 Å². The summed E-state index contributed by atoms with van der Waals surface area (Å²) in [6, 6.07) is 0. The van der Waals surface area contributed by atoms with Crippen molar-refractivity contribution in [1.82, 2.24) is 0 Å². The Kier molecular flexibility index (Phi) is 5.93. The van der Waals surface area contributed by atoms with Gasteiger partial charge in [-0.3, -0.25) is 25.0 Å². The van der Waals surface area contributed by atoms with Gasteiger partial charge in [0.05, 0.1) is 16.3 Å². The van der Waals surface area contributed by atoms with Crippen molar-refractivity contribution in [1.29, 1.82) is 4.78 Å². The van der Waals surface area contributed by atoms with E-state index in [2.05, 4.69) is 0 Å². The molecule has 1 N–H and O–H groups in total. The van der Waals surface area contributed by atoms with Crippen molar-refractivity contribution in [2.45, 2.75) is 25.9 Å². The molecule has 0 aromatic heterocycles. The zero-order valence-electron chi connectivity index (χ0n) is 7.84. The molecule has 0 rings (SSSR count). The maximum atomic E-state index is 10.2. The molecule has 1 atom stereocenters. The summed E-state index contributed by atoms with van der Waals surface area (Å²) < 4.78 is 7.43. The molecule has 0 radical (unpaired) electrons. The molecule has 1 unspecified atom stereocenters. The van der Waals surface area contributed by atoms with E-state index < -0.39 is 26.7 Å². The molecule has 0 aromatic rings. The molecule has 0 heterocycles. The van der Waals surface area contributed by atoms with Gasteiger partial charge in [-0.1, -0.05) is 6.92 Å². The highest BCUT2D eigenvalue weighted by atomic mass is 32.2. The van der Waals surface area contributed by atoms with E-state index in [-0.39, 0.29) is 12.2 Å². The van der Waals surface area contributed by atoms with Crippen molar-refractivity contribution in [3.63, 3.8) is 0 Å². The van der Waals surface area contributed by atoms with E-state index in [1.54, 1.807) is 0 Å². The van der Waals surface area contributed by atoms with Crippen molar-refractivity contribution in [3.05, 3.63) is 20.2 Å². The molecule has 7 nitrogen and oxygen atoms in total. The van der Waals surface area contributed by atoms with E-state index in [4.69, 9.17) is 4.78 Å². The Morgan fingerprint density at radius 1 is 1.29 bits per heavy atom. The first-order valence-electron chi connectivity index (χ1n) is 4.14. The van der Waals surface area contributed by atoms with E-state index in [1.165, 1.54) is 0 Å². The molecule has 0 aliphatic rings. The quantitative estimate of drug-likeness (QED) is 0.395. The fourth-order valence-corrected chi connectivity index (χ4v) is 2.08. The van der Waals surface area contributed by atoms with E-state index in [1.807, 2.05) is 6.92 Å². The molecular formula is C6H13N3O4S. The third-order valence-corrected chi connectivity index (χ3v) is 3.19. The van der Waals surface area contributed by atoms with Crippen LogP contribution in [0.3, 0.4) is 0 Å². The van der Waals surface area contributed by atoms with Gasteiger partial charge >= 0.3 is 6.17 Å². The van der Waals surface area contributed by atoms with Crippen LogP contribution in [0.5, 0.6) is 0 Å². The Hall–Kier alpha value is -1.05. The van der Waals surface area contributed by atoms with Gasteiger partial charge < -0.3 is 0 Å². The molecule has 0 aromatic carbocycles. The van der Waals surface area contributed by atoms with Crippen LogP contribution in [0, 0.1) is 25.0 Å². The van der Waals surface area contributed by atoms with Crippen molar-refractivity contribution < 1.29 is 9.85 Å². The van der Waals surface area contributed by atoms with Crippen LogP contribution in [-0.2, 0) is 10.7 Å². The Labute approximate surface area is 83.7 Å². The summed E-state index contributed by atoms with van der Waals surface area (Å²) in [4.78, 5) is 18.6. The van der Waals surface area contributed by atoms with Gasteiger partial charge in [0.25, 0.3) is 0 Å². The van der Waals surface area contributed by atoms with Gasteiger partial charge in [-0.2, -0.15) is 0 Å². The fraction of sp³-hybridized carbons (Fsp3) is 1.00. The molecule has 0 saturated heterocycles. The standard InChI is InChI=1S/C6H13N3O4S/c1-2-4-14(7)5-3-6(8(10)11)9(12)13/h6-7H,2-5H2,1H3. The summed E-state index contributed by atoms with van der Waals surface area (Å²) >= 11 is 0. The van der Waals surface area contributed by atoms with Gasteiger partial charge in [0.2, 0.25) is 0 Å². The molecule has 0 aliphatic carbocycles. The first-order valence-corrected chi connectivity index (χ1v) is 5.71. The van der Waals surface area contributed by atoms with Crippen LogP contribution < -0.4 is 0 Å². The van der Waals surface area contributed by atoms with Crippen LogP contribution in [0.1, 0.15) is 19.8 Å². The summed E-state index contributed by atoms with van der Waals surface area (Å²) in [7, 11) is -0.683. The van der Waals surface area contributed by atoms with Gasteiger partial charge in [-0.25, -0.2) is 0 Å². The Morgan fingerprint density at radius 2 is 1.79 bits per heavy atom. The normalized spacial score (nSPS) is 12.7. The third-order valence-electron chi connectivity index (χ3n) is 1.56. The molecule has 0 bridgehead atoms. The van der Waals surface area contributed by atoms with Crippen LogP contribution in [0.4, 0.5) is 0 Å². The minimum atomic E-state index is -1.74. The predicted octanol–water partition coefficient (Wildman–Crippen LogP) is 1.05. The van der Waals surface area contributed by atoms with Crippen molar-refractivity contribution in [2.75, 3.05) is 11.5 Å². The molecule has 0 fully saturated rings. The molecule has 82 valence electrons. The molecule has 14 heavy (non-hydrogen) atoms. The molecular weight excluding hydrogens is 210 g/mol. The highest BCUT2D eigenvalue weighted by Gasteiger charge is 2.31. The average molecular weight is 223 g/mol. The lowest BCUT2D eigenvalue weighted by Gasteiger charge is -2.03. The second-order valence-corrected chi connectivity index (χ2v) is 4.54. The van der Waals surface area contributed by atoms with E-state index in [0.29, 0.717) is 5.75 Å². The highest BCUT2D eigenvalue weighted by Crippen LogP contribution is 2.01. The Morgan fingerprint density at radius 3 is 2.14 bits per heavy atom. The zero-order valence-corrected chi connectivity index (χ0v) is 8.66. The van der Waals surface area contributed by atoms with Gasteiger partial charge in [-0.15, -0.1) is 10.7 Å². The molecule has 0 saturated carbocycles. The molecule has 0 amide bonds. The number of nitro groups is 2. The first-order chi connectivity index (χ1) is 6.49. The summed E-state index contributed by atoms with van der Waals surface area (Å²) in [6.07, 6.45) is -1.06. The maximum Gasteiger partial charge on any atom is 0.451 e. The lowest BCUT2D eigenvalue weighted by molar-refractivity contribution is -0.742. The maximum absolute atomic E-state index is 10.2. The molecule has 0 aliphatic heterocycles. The fourth-order valence-electron chi connectivity index (χ4n) is 0.884. The van der Waals surface area contributed by atoms with Crippen molar-refractivity contribution in [2.24, 2.45) is 0 Å². The molecule has 8 heteroatoms. The highest BCUT2D eigenvalue weighted by molar-refractivity contribution is 7.85. The van der Waals surface area contributed by atoms with Gasteiger partial charge in [0, 0.05) is 11.5 Å². The number of hydrogen-bond donors (Lipinski definition) is 1. The van der Waals surface area contributed by atoms with Crippen LogP contribution in [0.25, 0.3) is 0 Å². The van der Waals surface area contributed by atoms with Crippen molar-refractivity contribution in [3.8, 4) is 0 Å². The Balaban J connectivity index is 4.01. The Bertz CT molecular complexity index is 231. The van der Waals surface area contributed by atoms with E-state index in [0.717, 1.165) is 6.42 Å². The molecule has 0 spiro atoms. The number of hydrogen-bond acceptors (Lipinski definition) is 5. The summed E-state index contributed by atoms with van der Waals surface area (Å²) in [5.74, 6) is 0.891. The minimum Gasteiger partial charge on any atom is -0.280 e.